The molecular formula is C24H24O7. The average molecular weight is 424 g/mol. The van der Waals surface area contributed by atoms with Gasteiger partial charge in [0.25, 0.3) is 0 Å². The lowest BCUT2D eigenvalue weighted by atomic mass is 9.94. The fourth-order valence-corrected chi connectivity index (χ4v) is 3.40. The Labute approximate surface area is 179 Å². The predicted molar refractivity (Wildman–Crippen MR) is 117 cm³/mol. The van der Waals surface area contributed by atoms with Crippen molar-refractivity contribution >= 4 is 22.5 Å². The Balaban J connectivity index is 2.36. The van der Waals surface area contributed by atoms with Gasteiger partial charge in [0.2, 0.25) is 11.2 Å². The first-order chi connectivity index (χ1) is 14.9. The molecule has 1 aromatic heterocycles. The lowest BCUT2D eigenvalue weighted by Crippen LogP contribution is -2.13. The summed E-state index contributed by atoms with van der Waals surface area (Å²) >= 11 is 0. The second-order valence-electron chi connectivity index (χ2n) is 6.58. The summed E-state index contributed by atoms with van der Waals surface area (Å²) in [6.45, 7) is 3.59. The summed E-state index contributed by atoms with van der Waals surface area (Å²) in [7, 11) is 4.48. The number of benzene rings is 2. The Hall–Kier alpha value is -3.74. The highest BCUT2D eigenvalue weighted by Crippen LogP contribution is 2.41. The molecule has 2 aromatic carbocycles. The van der Waals surface area contributed by atoms with Gasteiger partial charge in [-0.2, -0.15) is 0 Å². The first-order valence-corrected chi connectivity index (χ1v) is 9.66. The number of para-hydroxylation sites is 1. The van der Waals surface area contributed by atoms with Crippen molar-refractivity contribution in [1.29, 1.82) is 0 Å². The van der Waals surface area contributed by atoms with Crippen LogP contribution in [0, 0.1) is 6.92 Å². The van der Waals surface area contributed by atoms with Gasteiger partial charge >= 0.3 is 5.97 Å². The molecule has 162 valence electrons. The van der Waals surface area contributed by atoms with Crippen molar-refractivity contribution < 1.29 is 28.2 Å². The maximum Gasteiger partial charge on any atom is 0.331 e. The zero-order valence-electron chi connectivity index (χ0n) is 18.1. The first-order valence-electron chi connectivity index (χ1n) is 9.66. The predicted octanol–water partition coefficient (Wildman–Crippen LogP) is 4.12. The zero-order valence-corrected chi connectivity index (χ0v) is 18.1. The number of fused-ring (bicyclic) bond motifs is 1. The van der Waals surface area contributed by atoms with Gasteiger partial charge in [0, 0.05) is 11.6 Å². The molecule has 0 amide bonds. The molecule has 0 N–H and O–H groups in total. The fourth-order valence-electron chi connectivity index (χ4n) is 3.40. The second-order valence-corrected chi connectivity index (χ2v) is 6.58. The normalized spacial score (nSPS) is 11.3. The van der Waals surface area contributed by atoms with E-state index in [1.165, 1.54) is 27.4 Å². The highest BCUT2D eigenvalue weighted by atomic mass is 16.5. The molecule has 31 heavy (non-hydrogen) atoms. The SMILES string of the molecule is CCOC(=O)/C=C(\c1cc(OC)c(OC)c(OC)c1)c1c(C)oc2ccccc2c1=O. The smallest absolute Gasteiger partial charge is 0.331 e. The molecular weight excluding hydrogens is 400 g/mol. The maximum atomic E-state index is 13.4. The Kier molecular flexibility index (Phi) is 6.65. The molecule has 0 unspecified atom stereocenters. The van der Waals surface area contributed by atoms with Gasteiger partial charge in [0.1, 0.15) is 11.3 Å². The third-order valence-electron chi connectivity index (χ3n) is 4.77. The molecule has 7 nitrogen and oxygen atoms in total. The van der Waals surface area contributed by atoms with Gasteiger partial charge in [-0.25, -0.2) is 4.79 Å². The Morgan fingerprint density at radius 3 is 2.26 bits per heavy atom. The molecule has 0 aliphatic rings. The van der Waals surface area contributed by atoms with E-state index in [9.17, 15) is 9.59 Å². The number of methoxy groups -OCH3 is 3. The quantitative estimate of drug-likeness (QED) is 0.417. The van der Waals surface area contributed by atoms with Crippen LogP contribution in [0.4, 0.5) is 0 Å². The summed E-state index contributed by atoms with van der Waals surface area (Å²) in [5.74, 6) is 0.946. The Morgan fingerprint density at radius 2 is 1.68 bits per heavy atom. The Morgan fingerprint density at radius 1 is 1.03 bits per heavy atom. The minimum absolute atomic E-state index is 0.198. The summed E-state index contributed by atoms with van der Waals surface area (Å²) < 4.78 is 27.3. The van der Waals surface area contributed by atoms with Gasteiger partial charge in [0.05, 0.1) is 38.9 Å². The van der Waals surface area contributed by atoms with Crippen molar-refractivity contribution in [3.05, 3.63) is 69.6 Å². The van der Waals surface area contributed by atoms with Gasteiger partial charge < -0.3 is 23.4 Å². The molecule has 0 bridgehead atoms. The molecule has 0 atom stereocenters. The number of aryl methyl sites for hydroxylation is 1. The van der Waals surface area contributed by atoms with E-state index in [1.807, 2.05) is 0 Å². The van der Waals surface area contributed by atoms with Crippen molar-refractivity contribution in [3.8, 4) is 17.2 Å². The van der Waals surface area contributed by atoms with Crippen molar-refractivity contribution in [3.63, 3.8) is 0 Å². The summed E-state index contributed by atoms with van der Waals surface area (Å²) in [5.41, 5.74) is 1.29. The van der Waals surface area contributed by atoms with Crippen molar-refractivity contribution in [2.45, 2.75) is 13.8 Å². The largest absolute Gasteiger partial charge is 0.493 e. The fraction of sp³-hybridized carbons (Fsp3) is 0.250. The van der Waals surface area contributed by atoms with E-state index in [4.69, 9.17) is 23.4 Å². The van der Waals surface area contributed by atoms with E-state index in [0.717, 1.165) is 0 Å². The number of rotatable bonds is 7. The first kappa shape index (κ1) is 22.0. The van der Waals surface area contributed by atoms with Gasteiger partial charge in [-0.1, -0.05) is 12.1 Å². The monoisotopic (exact) mass is 424 g/mol. The number of esters is 1. The van der Waals surface area contributed by atoms with E-state index < -0.39 is 5.97 Å². The molecule has 3 aromatic rings. The summed E-state index contributed by atoms with van der Waals surface area (Å²) in [4.78, 5) is 25.8. The van der Waals surface area contributed by atoms with Crippen LogP contribution in [0.3, 0.4) is 0 Å². The minimum atomic E-state index is -0.585. The lowest BCUT2D eigenvalue weighted by molar-refractivity contribution is -0.137. The number of ether oxygens (including phenoxy) is 4. The summed E-state index contributed by atoms with van der Waals surface area (Å²) in [5, 5.41) is 0.408. The molecule has 7 heteroatoms. The van der Waals surface area contributed by atoms with Crippen LogP contribution < -0.4 is 19.6 Å². The molecule has 0 spiro atoms. The van der Waals surface area contributed by atoms with Crippen molar-refractivity contribution in [2.24, 2.45) is 0 Å². The van der Waals surface area contributed by atoms with Crippen molar-refractivity contribution in [2.75, 3.05) is 27.9 Å². The highest BCUT2D eigenvalue weighted by Gasteiger charge is 2.22. The number of hydrogen-bond donors (Lipinski definition) is 0. The molecule has 3 rings (SSSR count). The number of carbonyl (C=O) groups excluding carboxylic acids is 1. The van der Waals surface area contributed by atoms with Crippen LogP contribution >= 0.6 is 0 Å². The van der Waals surface area contributed by atoms with Crippen LogP contribution in [0.15, 0.2) is 51.7 Å². The number of hydrogen-bond acceptors (Lipinski definition) is 7. The van der Waals surface area contributed by atoms with Gasteiger partial charge in [-0.05, 0) is 43.7 Å². The van der Waals surface area contributed by atoms with E-state index in [1.54, 1.807) is 50.2 Å². The zero-order chi connectivity index (χ0) is 22.5. The third-order valence-corrected chi connectivity index (χ3v) is 4.77. The van der Waals surface area contributed by atoms with Crippen LogP contribution in [-0.4, -0.2) is 33.9 Å². The molecule has 1 heterocycles. The van der Waals surface area contributed by atoms with Crippen molar-refractivity contribution in [1.82, 2.24) is 0 Å². The van der Waals surface area contributed by atoms with E-state index >= 15 is 0 Å². The van der Waals surface area contributed by atoms with Crippen LogP contribution in [0.2, 0.25) is 0 Å². The summed E-state index contributed by atoms with van der Waals surface area (Å²) in [6, 6.07) is 10.3. The number of carbonyl (C=O) groups is 1. The molecule has 0 saturated heterocycles. The van der Waals surface area contributed by atoms with Crippen LogP contribution in [0.1, 0.15) is 23.8 Å². The van der Waals surface area contributed by atoms with Gasteiger partial charge in [-0.3, -0.25) is 4.79 Å². The maximum absolute atomic E-state index is 13.4. The van der Waals surface area contributed by atoms with E-state index in [-0.39, 0.29) is 17.6 Å². The van der Waals surface area contributed by atoms with E-state index in [0.29, 0.717) is 45.1 Å². The molecule has 0 fully saturated rings. The standard InChI is InChI=1S/C24H24O7/c1-6-30-21(25)13-17(15-11-19(27-3)24(29-5)20(12-15)28-4)22-14(2)31-18-10-8-7-9-16(18)23(22)26/h7-13H,6H2,1-5H3/b17-13+. The highest BCUT2D eigenvalue weighted by molar-refractivity contribution is 5.98. The molecule has 0 aliphatic carbocycles. The average Bonchev–Trinajstić information content (AvgIpc) is 2.77. The van der Waals surface area contributed by atoms with Gasteiger partial charge in [0.15, 0.2) is 11.5 Å². The van der Waals surface area contributed by atoms with Crippen LogP contribution in [0.25, 0.3) is 16.5 Å². The Bertz CT molecular complexity index is 1180. The third kappa shape index (κ3) is 4.26. The molecule has 0 saturated carbocycles. The minimum Gasteiger partial charge on any atom is -0.493 e. The summed E-state index contributed by atoms with van der Waals surface area (Å²) in [6.07, 6.45) is 1.28. The molecule has 0 radical (unpaired) electrons. The van der Waals surface area contributed by atoms with Crippen LogP contribution in [0.5, 0.6) is 17.2 Å². The van der Waals surface area contributed by atoms with Gasteiger partial charge in [-0.15, -0.1) is 0 Å². The second kappa shape index (κ2) is 9.38. The topological polar surface area (TPSA) is 84.2 Å². The van der Waals surface area contributed by atoms with E-state index in [2.05, 4.69) is 0 Å². The lowest BCUT2D eigenvalue weighted by Gasteiger charge is -2.16. The molecule has 0 aliphatic heterocycles. The van der Waals surface area contributed by atoms with Crippen LogP contribution in [-0.2, 0) is 9.53 Å².